The first-order chi connectivity index (χ1) is 10.0. The molecule has 108 valence electrons. The van der Waals surface area contributed by atoms with E-state index in [0.717, 1.165) is 4.68 Å². The minimum atomic E-state index is -1.14. The van der Waals surface area contributed by atoms with Crippen LogP contribution in [0.5, 0.6) is 0 Å². The Labute approximate surface area is 118 Å². The zero-order valence-electron chi connectivity index (χ0n) is 11.2. The van der Waals surface area contributed by atoms with E-state index in [-0.39, 0.29) is 0 Å². The highest BCUT2D eigenvalue weighted by Gasteiger charge is 2.15. The summed E-state index contributed by atoms with van der Waals surface area (Å²) in [5.74, 6) is -1.04. The molecule has 0 aliphatic carbocycles. The summed E-state index contributed by atoms with van der Waals surface area (Å²) in [6.45, 7) is 1.33. The largest absolute Gasteiger partial charge is 0.480 e. The first-order valence-electron chi connectivity index (χ1n) is 6.43. The Morgan fingerprint density at radius 3 is 2.76 bits per heavy atom. The molecule has 0 aliphatic rings. The first-order valence-corrected chi connectivity index (χ1v) is 6.43. The van der Waals surface area contributed by atoms with E-state index in [1.54, 1.807) is 16.5 Å². The molecule has 2 aromatic heterocycles. The lowest BCUT2D eigenvalue weighted by Gasteiger charge is -2.08. The molecule has 3 rings (SSSR count). The monoisotopic (exact) mass is 289 g/mol. The van der Waals surface area contributed by atoms with Gasteiger partial charge in [0.2, 0.25) is 0 Å². The fourth-order valence-corrected chi connectivity index (χ4v) is 2.44. The SMILES string of the molecule is CCc1nn(CC(=O)O)c(=O)c2cc3ccc(F)cc3n12. The van der Waals surface area contributed by atoms with Gasteiger partial charge in [-0.05, 0) is 24.3 Å². The molecule has 0 amide bonds. The lowest BCUT2D eigenvalue weighted by atomic mass is 10.2. The molecule has 7 heteroatoms. The predicted molar refractivity (Wildman–Crippen MR) is 73.9 cm³/mol. The van der Waals surface area contributed by atoms with Gasteiger partial charge in [-0.2, -0.15) is 5.10 Å². The molecule has 0 fully saturated rings. The number of nitrogens with zero attached hydrogens (tertiary/aromatic N) is 3. The van der Waals surface area contributed by atoms with E-state index in [1.807, 2.05) is 6.92 Å². The molecular formula is C14H12FN3O3. The highest BCUT2D eigenvalue weighted by Crippen LogP contribution is 2.20. The van der Waals surface area contributed by atoms with Gasteiger partial charge in [-0.3, -0.25) is 14.0 Å². The number of halogens is 1. The van der Waals surface area contributed by atoms with Crippen molar-refractivity contribution in [2.24, 2.45) is 0 Å². The van der Waals surface area contributed by atoms with Crippen molar-refractivity contribution in [1.82, 2.24) is 14.2 Å². The van der Waals surface area contributed by atoms with E-state index < -0.39 is 23.9 Å². The molecule has 1 N–H and O–H groups in total. The Balaban J connectivity index is 2.45. The van der Waals surface area contributed by atoms with Crippen molar-refractivity contribution in [1.29, 1.82) is 0 Å². The third-order valence-corrected chi connectivity index (χ3v) is 3.32. The maximum Gasteiger partial charge on any atom is 0.325 e. The number of aromatic nitrogens is 3. The summed E-state index contributed by atoms with van der Waals surface area (Å²) in [6.07, 6.45) is 0.483. The van der Waals surface area contributed by atoms with Crippen LogP contribution in [-0.4, -0.2) is 25.3 Å². The number of aliphatic carboxylic acids is 1. The van der Waals surface area contributed by atoms with E-state index >= 15 is 0 Å². The van der Waals surface area contributed by atoms with Crippen molar-refractivity contribution in [2.45, 2.75) is 19.9 Å². The van der Waals surface area contributed by atoms with Gasteiger partial charge >= 0.3 is 5.97 Å². The molecule has 0 spiro atoms. The van der Waals surface area contributed by atoms with E-state index in [4.69, 9.17) is 5.11 Å². The summed E-state index contributed by atoms with van der Waals surface area (Å²) in [4.78, 5) is 23.1. The van der Waals surface area contributed by atoms with Crippen molar-refractivity contribution in [3.05, 3.63) is 46.3 Å². The van der Waals surface area contributed by atoms with Gasteiger partial charge in [0.1, 0.15) is 23.7 Å². The summed E-state index contributed by atoms with van der Waals surface area (Å²) < 4.78 is 15.9. The van der Waals surface area contributed by atoms with Crippen LogP contribution in [0.25, 0.3) is 16.4 Å². The van der Waals surface area contributed by atoms with Crippen molar-refractivity contribution in [3.63, 3.8) is 0 Å². The van der Waals surface area contributed by atoms with Crippen LogP contribution in [0, 0.1) is 5.82 Å². The Kier molecular flexibility index (Phi) is 2.97. The van der Waals surface area contributed by atoms with Crippen LogP contribution in [0.3, 0.4) is 0 Å². The average Bonchev–Trinajstić information content (AvgIpc) is 2.80. The summed E-state index contributed by atoms with van der Waals surface area (Å²) in [5, 5.41) is 13.6. The molecular weight excluding hydrogens is 277 g/mol. The molecule has 3 aromatic rings. The Hall–Kier alpha value is -2.70. The standard InChI is InChI=1S/C14H12FN3O3/c1-2-12-16-17(7-13(19)20)14(21)11-5-8-3-4-9(15)6-10(8)18(11)12/h3-6H,2,7H2,1H3,(H,19,20). The molecule has 0 bridgehead atoms. The molecule has 1 aromatic carbocycles. The second-order valence-electron chi connectivity index (χ2n) is 4.69. The second kappa shape index (κ2) is 4.69. The van der Waals surface area contributed by atoms with Crippen LogP contribution >= 0.6 is 0 Å². The summed E-state index contributed by atoms with van der Waals surface area (Å²) in [6, 6.07) is 5.86. The molecule has 0 aliphatic heterocycles. The van der Waals surface area contributed by atoms with Gasteiger partial charge in [-0.15, -0.1) is 0 Å². The lowest BCUT2D eigenvalue weighted by molar-refractivity contribution is -0.138. The topological polar surface area (TPSA) is 76.6 Å². The molecule has 0 saturated carbocycles. The quantitative estimate of drug-likeness (QED) is 0.791. The predicted octanol–water partition coefficient (Wildman–Crippen LogP) is 1.44. The molecule has 0 unspecified atom stereocenters. The van der Waals surface area contributed by atoms with Gasteiger partial charge in [0, 0.05) is 11.8 Å². The number of rotatable bonds is 3. The van der Waals surface area contributed by atoms with Gasteiger partial charge in [0.05, 0.1) is 5.52 Å². The Morgan fingerprint density at radius 1 is 1.33 bits per heavy atom. The van der Waals surface area contributed by atoms with Gasteiger partial charge in [-0.1, -0.05) is 6.92 Å². The summed E-state index contributed by atoms with van der Waals surface area (Å²) >= 11 is 0. The second-order valence-corrected chi connectivity index (χ2v) is 4.69. The average molecular weight is 289 g/mol. The highest BCUT2D eigenvalue weighted by molar-refractivity contribution is 5.87. The van der Waals surface area contributed by atoms with E-state index in [1.165, 1.54) is 12.1 Å². The third kappa shape index (κ3) is 2.06. The third-order valence-electron chi connectivity index (χ3n) is 3.32. The van der Waals surface area contributed by atoms with Crippen LogP contribution in [-0.2, 0) is 17.8 Å². The minimum Gasteiger partial charge on any atom is -0.480 e. The van der Waals surface area contributed by atoms with Crippen molar-refractivity contribution in [3.8, 4) is 0 Å². The number of carbonyl (C=O) groups is 1. The lowest BCUT2D eigenvalue weighted by Crippen LogP contribution is -2.29. The number of carboxylic acids is 1. The number of fused-ring (bicyclic) bond motifs is 3. The zero-order valence-corrected chi connectivity index (χ0v) is 11.2. The molecule has 0 radical (unpaired) electrons. The van der Waals surface area contributed by atoms with Gasteiger partial charge in [-0.25, -0.2) is 9.07 Å². The molecule has 0 atom stereocenters. The first kappa shape index (κ1) is 13.3. The van der Waals surface area contributed by atoms with E-state index in [2.05, 4.69) is 5.10 Å². The fraction of sp³-hybridized carbons (Fsp3) is 0.214. The van der Waals surface area contributed by atoms with E-state index in [0.29, 0.717) is 28.7 Å². The van der Waals surface area contributed by atoms with Crippen LogP contribution in [0.1, 0.15) is 12.7 Å². The van der Waals surface area contributed by atoms with Crippen molar-refractivity contribution < 1.29 is 14.3 Å². The maximum atomic E-state index is 13.4. The van der Waals surface area contributed by atoms with Gasteiger partial charge in [0.25, 0.3) is 5.56 Å². The number of benzene rings is 1. The number of aryl methyl sites for hydroxylation is 1. The van der Waals surface area contributed by atoms with Crippen molar-refractivity contribution >= 4 is 22.4 Å². The van der Waals surface area contributed by atoms with E-state index in [9.17, 15) is 14.0 Å². The summed E-state index contributed by atoms with van der Waals surface area (Å²) in [7, 11) is 0. The van der Waals surface area contributed by atoms with Gasteiger partial charge in [0.15, 0.2) is 0 Å². The molecule has 6 nitrogen and oxygen atoms in total. The van der Waals surface area contributed by atoms with Crippen LogP contribution in [0.15, 0.2) is 29.1 Å². The fourth-order valence-electron chi connectivity index (χ4n) is 2.44. The van der Waals surface area contributed by atoms with Gasteiger partial charge < -0.3 is 5.11 Å². The van der Waals surface area contributed by atoms with Crippen molar-refractivity contribution in [2.75, 3.05) is 0 Å². The number of hydrogen-bond acceptors (Lipinski definition) is 3. The maximum absolute atomic E-state index is 13.4. The summed E-state index contributed by atoms with van der Waals surface area (Å²) in [5.41, 5.74) is 0.337. The normalized spacial score (nSPS) is 11.3. The highest BCUT2D eigenvalue weighted by atomic mass is 19.1. The Morgan fingerprint density at radius 2 is 2.10 bits per heavy atom. The Bertz CT molecular complexity index is 926. The zero-order chi connectivity index (χ0) is 15.1. The van der Waals surface area contributed by atoms with Crippen LogP contribution in [0.2, 0.25) is 0 Å². The molecule has 0 saturated heterocycles. The minimum absolute atomic E-state index is 0.295. The number of hydrogen-bond donors (Lipinski definition) is 1. The number of carboxylic acid groups (broad SMARTS) is 1. The molecule has 21 heavy (non-hydrogen) atoms. The van der Waals surface area contributed by atoms with Crippen LogP contribution in [0.4, 0.5) is 4.39 Å². The molecule has 2 heterocycles. The van der Waals surface area contributed by atoms with Crippen LogP contribution < -0.4 is 5.56 Å². The smallest absolute Gasteiger partial charge is 0.325 e.